The van der Waals surface area contributed by atoms with Crippen molar-refractivity contribution in [2.75, 3.05) is 39.9 Å². The molecule has 0 spiro atoms. The van der Waals surface area contributed by atoms with Crippen molar-refractivity contribution in [1.82, 2.24) is 15.5 Å². The van der Waals surface area contributed by atoms with Crippen LogP contribution in [0.4, 0.5) is 5.69 Å². The first-order valence-electron chi connectivity index (χ1n) is 9.61. The van der Waals surface area contributed by atoms with Crippen LogP contribution in [0.3, 0.4) is 0 Å². The molecule has 8 nitrogen and oxygen atoms in total. The molecule has 1 aromatic rings. The molecule has 0 bridgehead atoms. The zero-order valence-corrected chi connectivity index (χ0v) is 16.3. The Morgan fingerprint density at radius 1 is 1.33 bits per heavy atom. The number of likely N-dealkylation sites (tertiary alicyclic amines) is 1. The summed E-state index contributed by atoms with van der Waals surface area (Å²) in [4.78, 5) is 17.5. The van der Waals surface area contributed by atoms with Gasteiger partial charge in [0.2, 0.25) is 0 Å². The molecule has 0 aromatic heterocycles. The largest absolute Gasteiger partial charge is 0.383 e. The van der Waals surface area contributed by atoms with Gasteiger partial charge in [-0.2, -0.15) is 0 Å². The van der Waals surface area contributed by atoms with Crippen LogP contribution in [-0.4, -0.2) is 61.7 Å². The minimum atomic E-state index is -0.392. The summed E-state index contributed by atoms with van der Waals surface area (Å²) in [5.41, 5.74) is 1.03. The third-order valence-electron chi connectivity index (χ3n) is 4.63. The second kappa shape index (κ2) is 11.5. The van der Waals surface area contributed by atoms with E-state index in [1.165, 1.54) is 25.1 Å². The van der Waals surface area contributed by atoms with E-state index in [2.05, 4.69) is 27.4 Å². The van der Waals surface area contributed by atoms with Gasteiger partial charge in [-0.15, -0.1) is 0 Å². The fourth-order valence-corrected chi connectivity index (χ4v) is 3.13. The lowest BCUT2D eigenvalue weighted by Gasteiger charge is -2.32. The highest BCUT2D eigenvalue weighted by Gasteiger charge is 2.19. The van der Waals surface area contributed by atoms with Crippen LogP contribution < -0.4 is 10.6 Å². The Morgan fingerprint density at radius 3 is 2.63 bits per heavy atom. The minimum absolute atomic E-state index is 0.0955. The van der Waals surface area contributed by atoms with Crippen molar-refractivity contribution in [3.63, 3.8) is 0 Å². The van der Waals surface area contributed by atoms with Crippen LogP contribution in [0.15, 0.2) is 29.3 Å². The van der Waals surface area contributed by atoms with Gasteiger partial charge in [0.1, 0.15) is 0 Å². The molecule has 27 heavy (non-hydrogen) atoms. The first kappa shape index (κ1) is 21.1. The zero-order chi connectivity index (χ0) is 19.5. The molecule has 1 saturated heterocycles. The van der Waals surface area contributed by atoms with Gasteiger partial charge in [-0.25, -0.2) is 4.99 Å². The average Bonchev–Trinajstić information content (AvgIpc) is 2.68. The molecule has 0 radical (unpaired) electrons. The Kier molecular flexibility index (Phi) is 9.00. The molecule has 1 heterocycles. The van der Waals surface area contributed by atoms with E-state index in [4.69, 9.17) is 4.74 Å². The smallest absolute Gasteiger partial charge is 0.269 e. The number of hydrogen-bond acceptors (Lipinski definition) is 5. The van der Waals surface area contributed by atoms with Crippen molar-refractivity contribution in [1.29, 1.82) is 0 Å². The fourth-order valence-electron chi connectivity index (χ4n) is 3.13. The Labute approximate surface area is 161 Å². The van der Waals surface area contributed by atoms with Crippen molar-refractivity contribution in [2.24, 2.45) is 4.99 Å². The molecule has 1 aliphatic heterocycles. The Morgan fingerprint density at radius 2 is 2.04 bits per heavy atom. The zero-order valence-electron chi connectivity index (χ0n) is 16.3. The van der Waals surface area contributed by atoms with E-state index in [0.717, 1.165) is 37.5 Å². The molecule has 0 unspecified atom stereocenters. The second-order valence-electron chi connectivity index (χ2n) is 6.77. The predicted molar refractivity (Wildman–Crippen MR) is 107 cm³/mol. The second-order valence-corrected chi connectivity index (χ2v) is 6.77. The molecule has 0 amide bonds. The van der Waals surface area contributed by atoms with Crippen LogP contribution in [0, 0.1) is 10.1 Å². The molecule has 1 aromatic carbocycles. The maximum absolute atomic E-state index is 10.8. The molecule has 1 fully saturated rings. The summed E-state index contributed by atoms with van der Waals surface area (Å²) >= 11 is 0. The van der Waals surface area contributed by atoms with E-state index >= 15 is 0 Å². The predicted octanol–water partition coefficient (Wildman–Crippen LogP) is 2.15. The number of ether oxygens (including phenoxy) is 1. The van der Waals surface area contributed by atoms with Crippen LogP contribution in [-0.2, 0) is 11.3 Å². The van der Waals surface area contributed by atoms with Gasteiger partial charge in [0.15, 0.2) is 5.96 Å². The van der Waals surface area contributed by atoms with Crippen molar-refractivity contribution in [2.45, 2.75) is 38.8 Å². The summed E-state index contributed by atoms with van der Waals surface area (Å²) in [5, 5.41) is 17.6. The summed E-state index contributed by atoms with van der Waals surface area (Å²) in [5.74, 6) is 0.763. The Bertz CT molecular complexity index is 598. The molecular formula is C19H31N5O3. The number of nitrogens with one attached hydrogen (secondary N) is 2. The number of nitrogens with zero attached hydrogens (tertiary/aromatic N) is 3. The highest BCUT2D eigenvalue weighted by Crippen LogP contribution is 2.13. The number of nitro benzene ring substituents is 1. The SMILES string of the molecule is CCCN1CCC(NC(=NCc2ccc([N+](=O)[O-])cc2)NCCOC)CC1. The molecule has 0 saturated carbocycles. The van der Waals surface area contributed by atoms with Crippen molar-refractivity contribution < 1.29 is 9.66 Å². The molecule has 1 aliphatic rings. The summed E-state index contributed by atoms with van der Waals surface area (Å²) < 4.78 is 5.11. The minimum Gasteiger partial charge on any atom is -0.383 e. The molecule has 0 aliphatic carbocycles. The third kappa shape index (κ3) is 7.52. The highest BCUT2D eigenvalue weighted by atomic mass is 16.6. The van der Waals surface area contributed by atoms with Crippen LogP contribution in [0.2, 0.25) is 0 Å². The maximum atomic E-state index is 10.8. The first-order chi connectivity index (χ1) is 13.1. The lowest BCUT2D eigenvalue weighted by molar-refractivity contribution is -0.384. The van der Waals surface area contributed by atoms with Crippen molar-refractivity contribution in [3.05, 3.63) is 39.9 Å². The van der Waals surface area contributed by atoms with E-state index in [1.807, 2.05) is 0 Å². The van der Waals surface area contributed by atoms with E-state index in [1.54, 1.807) is 19.2 Å². The summed E-state index contributed by atoms with van der Waals surface area (Å²) in [7, 11) is 1.67. The van der Waals surface area contributed by atoms with E-state index in [9.17, 15) is 10.1 Å². The van der Waals surface area contributed by atoms with Gasteiger partial charge < -0.3 is 20.3 Å². The van der Waals surface area contributed by atoms with E-state index in [0.29, 0.717) is 25.7 Å². The molecule has 0 atom stereocenters. The number of aliphatic imine (C=N–C) groups is 1. The van der Waals surface area contributed by atoms with Crippen LogP contribution in [0.25, 0.3) is 0 Å². The van der Waals surface area contributed by atoms with Gasteiger partial charge in [-0.05, 0) is 31.4 Å². The van der Waals surface area contributed by atoms with Crippen LogP contribution in [0.1, 0.15) is 31.7 Å². The standard InChI is InChI=1S/C19H31N5O3/c1-3-11-23-12-8-17(9-13-23)22-19(20-10-14-27-2)21-15-16-4-6-18(7-5-16)24(25)26/h4-7,17H,3,8-15H2,1-2H3,(H2,20,21,22). The topological polar surface area (TPSA) is 92.0 Å². The van der Waals surface area contributed by atoms with Crippen molar-refractivity contribution >= 4 is 11.6 Å². The van der Waals surface area contributed by atoms with Gasteiger partial charge in [0.25, 0.3) is 5.69 Å². The van der Waals surface area contributed by atoms with Gasteiger partial charge in [0.05, 0.1) is 18.1 Å². The highest BCUT2D eigenvalue weighted by molar-refractivity contribution is 5.80. The normalized spacial score (nSPS) is 16.3. The maximum Gasteiger partial charge on any atom is 0.269 e. The number of non-ortho nitro benzene ring substituents is 1. The van der Waals surface area contributed by atoms with Crippen LogP contribution >= 0.6 is 0 Å². The first-order valence-corrected chi connectivity index (χ1v) is 9.61. The Hall–Kier alpha value is -2.19. The number of methoxy groups -OCH3 is 1. The van der Waals surface area contributed by atoms with Gasteiger partial charge in [-0.3, -0.25) is 10.1 Å². The molecule has 2 N–H and O–H groups in total. The number of guanidine groups is 1. The molecule has 2 rings (SSSR count). The summed E-state index contributed by atoms with van der Waals surface area (Å²) in [6.45, 7) is 7.35. The fraction of sp³-hybridized carbons (Fsp3) is 0.632. The average molecular weight is 377 g/mol. The number of hydrogen-bond donors (Lipinski definition) is 2. The lowest BCUT2D eigenvalue weighted by Crippen LogP contribution is -2.49. The number of piperidine rings is 1. The number of nitro groups is 1. The monoisotopic (exact) mass is 377 g/mol. The van der Waals surface area contributed by atoms with Crippen LogP contribution in [0.5, 0.6) is 0 Å². The van der Waals surface area contributed by atoms with Crippen molar-refractivity contribution in [3.8, 4) is 0 Å². The number of rotatable bonds is 9. The van der Waals surface area contributed by atoms with Gasteiger partial charge in [-0.1, -0.05) is 19.1 Å². The molecule has 8 heteroatoms. The third-order valence-corrected chi connectivity index (χ3v) is 4.63. The molecule has 150 valence electrons. The van der Waals surface area contributed by atoms with Gasteiger partial charge >= 0.3 is 0 Å². The molecular weight excluding hydrogens is 346 g/mol. The Balaban J connectivity index is 1.92. The lowest BCUT2D eigenvalue weighted by atomic mass is 10.1. The van der Waals surface area contributed by atoms with Gasteiger partial charge in [0, 0.05) is 44.9 Å². The summed E-state index contributed by atoms with van der Waals surface area (Å²) in [6, 6.07) is 6.93. The number of benzene rings is 1. The van der Waals surface area contributed by atoms with E-state index < -0.39 is 4.92 Å². The summed E-state index contributed by atoms with van der Waals surface area (Å²) in [6.07, 6.45) is 3.39. The van der Waals surface area contributed by atoms with E-state index in [-0.39, 0.29) is 5.69 Å². The quantitative estimate of drug-likeness (QED) is 0.225.